The number of aromatic nitrogens is 1. The van der Waals surface area contributed by atoms with Crippen molar-refractivity contribution in [3.8, 4) is 5.75 Å². The summed E-state index contributed by atoms with van der Waals surface area (Å²) in [4.78, 5) is 30.1. The molecule has 0 radical (unpaired) electrons. The van der Waals surface area contributed by atoms with Gasteiger partial charge in [0, 0.05) is 28.5 Å². The van der Waals surface area contributed by atoms with E-state index in [2.05, 4.69) is 31.0 Å². The number of hydrogen-bond donors (Lipinski definition) is 2. The molecule has 10 heteroatoms. The summed E-state index contributed by atoms with van der Waals surface area (Å²) < 4.78 is 30.5. The highest BCUT2D eigenvalue weighted by molar-refractivity contribution is 9.10. The summed E-state index contributed by atoms with van der Waals surface area (Å²) in [7, 11) is 0. The molecule has 1 heterocycles. The Kier molecular flexibility index (Phi) is 7.09. The van der Waals surface area contributed by atoms with Crippen LogP contribution in [0.15, 0.2) is 41.0 Å². The molecule has 166 valence electrons. The van der Waals surface area contributed by atoms with E-state index in [0.29, 0.717) is 23.0 Å². The van der Waals surface area contributed by atoms with Gasteiger partial charge in [-0.3, -0.25) is 15.0 Å². The largest absolute Gasteiger partial charge is 0.481 e. The lowest BCUT2D eigenvalue weighted by Gasteiger charge is -2.42. The molecule has 1 fully saturated rings. The number of alkyl halides is 2. The second-order valence-electron chi connectivity index (χ2n) is 7.55. The highest BCUT2D eigenvalue weighted by Crippen LogP contribution is 2.38. The van der Waals surface area contributed by atoms with Gasteiger partial charge < -0.3 is 9.84 Å². The van der Waals surface area contributed by atoms with E-state index in [1.54, 1.807) is 12.1 Å². The molecule has 2 amide bonds. The van der Waals surface area contributed by atoms with Gasteiger partial charge in [0.15, 0.2) is 11.6 Å². The van der Waals surface area contributed by atoms with Gasteiger partial charge in [0.2, 0.25) is 0 Å². The van der Waals surface area contributed by atoms with Crippen LogP contribution >= 0.6 is 15.9 Å². The second kappa shape index (κ2) is 9.59. The monoisotopic (exact) mass is 497 g/mol. The highest BCUT2D eigenvalue weighted by atomic mass is 79.9. The maximum absolute atomic E-state index is 13.3. The Morgan fingerprint density at radius 3 is 2.58 bits per heavy atom. The fourth-order valence-electron chi connectivity index (χ4n) is 3.53. The van der Waals surface area contributed by atoms with E-state index in [1.807, 2.05) is 26.0 Å². The summed E-state index contributed by atoms with van der Waals surface area (Å²) in [5.74, 6) is -1.78. The average molecular weight is 498 g/mol. The maximum atomic E-state index is 13.3. The molecule has 0 spiro atoms. The van der Waals surface area contributed by atoms with Gasteiger partial charge in [-0.1, -0.05) is 32.0 Å². The molecule has 2 aromatic rings. The Bertz CT molecular complexity index is 967. The third-order valence-corrected chi connectivity index (χ3v) is 5.56. The number of carbonyl (C=O) groups is 2. The van der Waals surface area contributed by atoms with E-state index in [1.165, 1.54) is 17.2 Å². The zero-order chi connectivity index (χ0) is 22.7. The number of carboxylic acids is 1. The summed E-state index contributed by atoms with van der Waals surface area (Å²) in [6.07, 6.45) is 1.94. The van der Waals surface area contributed by atoms with E-state index in [4.69, 9.17) is 0 Å². The van der Waals surface area contributed by atoms with E-state index < -0.39 is 24.5 Å². The molecule has 1 aromatic carbocycles. The van der Waals surface area contributed by atoms with Crippen molar-refractivity contribution in [2.24, 2.45) is 5.92 Å². The summed E-state index contributed by atoms with van der Waals surface area (Å²) in [6.45, 7) is 0.883. The fraction of sp³-hybridized carbons (Fsp3) is 0.381. The summed E-state index contributed by atoms with van der Waals surface area (Å²) in [5.41, 5.74) is 1.54. The molecule has 1 saturated carbocycles. The number of nitrogens with zero attached hydrogens (tertiary/aromatic N) is 2. The quantitative estimate of drug-likeness (QED) is 0.528. The van der Waals surface area contributed by atoms with Crippen LogP contribution in [0.4, 0.5) is 25.1 Å². The van der Waals surface area contributed by atoms with E-state index in [0.717, 1.165) is 5.56 Å². The minimum Gasteiger partial charge on any atom is -0.481 e. The Morgan fingerprint density at radius 1 is 1.29 bits per heavy atom. The normalized spacial score (nSPS) is 17.9. The maximum Gasteiger partial charge on any atom is 0.387 e. The van der Waals surface area contributed by atoms with Crippen molar-refractivity contribution < 1.29 is 28.2 Å². The van der Waals surface area contributed by atoms with Crippen LogP contribution in [-0.2, 0) is 4.79 Å². The van der Waals surface area contributed by atoms with Gasteiger partial charge in [-0.25, -0.2) is 9.78 Å². The fourth-order valence-corrected chi connectivity index (χ4v) is 3.84. The minimum atomic E-state index is -3.09. The Balaban J connectivity index is 1.94. The molecule has 1 aliphatic carbocycles. The molecule has 0 saturated heterocycles. The highest BCUT2D eigenvalue weighted by Gasteiger charge is 2.41. The number of carbonyl (C=O) groups excluding carboxylic acids is 1. The number of nitrogens with one attached hydrogen (secondary N) is 1. The van der Waals surface area contributed by atoms with Crippen LogP contribution in [0.3, 0.4) is 0 Å². The van der Waals surface area contributed by atoms with Crippen molar-refractivity contribution in [2.75, 3.05) is 10.2 Å². The first-order valence-electron chi connectivity index (χ1n) is 9.69. The molecule has 31 heavy (non-hydrogen) atoms. The van der Waals surface area contributed by atoms with E-state index >= 15 is 0 Å². The zero-order valence-electron chi connectivity index (χ0n) is 16.9. The van der Waals surface area contributed by atoms with Gasteiger partial charge in [0.05, 0.1) is 5.92 Å². The van der Waals surface area contributed by atoms with Crippen molar-refractivity contribution in [3.63, 3.8) is 0 Å². The van der Waals surface area contributed by atoms with Crippen LogP contribution in [0.1, 0.15) is 38.2 Å². The molecule has 0 aliphatic heterocycles. The Hall–Kier alpha value is -2.75. The Labute approximate surface area is 186 Å². The first kappa shape index (κ1) is 22.9. The number of hydrogen-bond acceptors (Lipinski definition) is 4. The lowest BCUT2D eigenvalue weighted by Crippen LogP contribution is -2.52. The molecular formula is C21H22BrF2N3O4. The van der Waals surface area contributed by atoms with Gasteiger partial charge >= 0.3 is 18.6 Å². The van der Waals surface area contributed by atoms with E-state index in [-0.39, 0.29) is 23.5 Å². The number of para-hydroxylation sites is 1. The number of carboxylic acid groups (broad SMARTS) is 1. The third-order valence-electron chi connectivity index (χ3n) is 5.13. The summed E-state index contributed by atoms with van der Waals surface area (Å²) in [5, 5.41) is 11.8. The van der Waals surface area contributed by atoms with Crippen LogP contribution in [0.5, 0.6) is 5.75 Å². The zero-order valence-corrected chi connectivity index (χ0v) is 18.5. The van der Waals surface area contributed by atoms with Crippen LogP contribution < -0.4 is 15.0 Å². The van der Waals surface area contributed by atoms with Gasteiger partial charge in [-0.2, -0.15) is 8.78 Å². The van der Waals surface area contributed by atoms with Crippen molar-refractivity contribution in [3.05, 3.63) is 46.6 Å². The molecule has 1 aromatic heterocycles. The van der Waals surface area contributed by atoms with E-state index in [9.17, 15) is 23.5 Å². The van der Waals surface area contributed by atoms with Crippen LogP contribution in [0.2, 0.25) is 0 Å². The second-order valence-corrected chi connectivity index (χ2v) is 8.47. The summed E-state index contributed by atoms with van der Waals surface area (Å²) in [6, 6.07) is 7.67. The number of amides is 2. The number of aliphatic carboxylic acids is 1. The number of ether oxygens (including phenoxy) is 1. The van der Waals surface area contributed by atoms with Crippen molar-refractivity contribution >= 4 is 39.4 Å². The van der Waals surface area contributed by atoms with Gasteiger partial charge in [0.25, 0.3) is 0 Å². The molecule has 0 bridgehead atoms. The number of rotatable bonds is 7. The molecule has 0 unspecified atom stereocenters. The van der Waals surface area contributed by atoms with Crippen molar-refractivity contribution in [2.45, 2.75) is 45.3 Å². The standard InChI is InChI=1S/C21H22BrF2N3O4/c1-11(2)15-5-3-4-6-16(15)27(14-7-12(8-14)19(28)29)21(30)26-18-17(31-20(23)24)9-13(22)10-25-18/h3-6,9-12,14,20H,7-8H2,1-2H3,(H,28,29)(H,25,26,30). The molecule has 1 aliphatic rings. The number of halogens is 3. The molecule has 3 rings (SSSR count). The lowest BCUT2D eigenvalue weighted by atomic mass is 9.79. The number of urea groups is 1. The van der Waals surface area contributed by atoms with Crippen LogP contribution in [0, 0.1) is 5.92 Å². The first-order valence-corrected chi connectivity index (χ1v) is 10.5. The molecule has 7 nitrogen and oxygen atoms in total. The Morgan fingerprint density at radius 2 is 1.97 bits per heavy atom. The topological polar surface area (TPSA) is 91.8 Å². The molecule has 0 atom stereocenters. The van der Waals surface area contributed by atoms with Crippen LogP contribution in [-0.4, -0.2) is 34.7 Å². The van der Waals surface area contributed by atoms with Crippen LogP contribution in [0.25, 0.3) is 0 Å². The molecule has 2 N–H and O–H groups in total. The number of pyridine rings is 1. The van der Waals surface area contributed by atoms with Gasteiger partial charge in [-0.15, -0.1) is 0 Å². The smallest absolute Gasteiger partial charge is 0.387 e. The number of benzene rings is 1. The lowest BCUT2D eigenvalue weighted by molar-refractivity contribution is -0.145. The molecular weight excluding hydrogens is 476 g/mol. The number of anilines is 2. The van der Waals surface area contributed by atoms with Gasteiger partial charge in [0.1, 0.15) is 0 Å². The minimum absolute atomic E-state index is 0.102. The van der Waals surface area contributed by atoms with Gasteiger partial charge in [-0.05, 0) is 46.3 Å². The van der Waals surface area contributed by atoms with Crippen molar-refractivity contribution in [1.29, 1.82) is 0 Å². The third kappa shape index (κ3) is 5.30. The SMILES string of the molecule is CC(C)c1ccccc1N(C(=O)Nc1ncc(Br)cc1OC(F)F)C1CC(C(=O)O)C1. The summed E-state index contributed by atoms with van der Waals surface area (Å²) >= 11 is 3.14. The predicted molar refractivity (Wildman–Crippen MR) is 115 cm³/mol. The first-order chi connectivity index (χ1) is 14.7. The predicted octanol–water partition coefficient (Wildman–Crippen LogP) is 5.47. The average Bonchev–Trinajstić information content (AvgIpc) is 2.65. The van der Waals surface area contributed by atoms with Crippen molar-refractivity contribution in [1.82, 2.24) is 4.98 Å².